The lowest BCUT2D eigenvalue weighted by atomic mass is 9.86. The van der Waals surface area contributed by atoms with Gasteiger partial charge in [0.15, 0.2) is 5.75 Å². The summed E-state index contributed by atoms with van der Waals surface area (Å²) in [5.74, 6) is -0.614. The molecule has 0 aliphatic carbocycles. The Hall–Kier alpha value is -3.47. The molecule has 1 aromatic heterocycles. The minimum absolute atomic E-state index is 0.206. The van der Waals surface area contributed by atoms with Crippen LogP contribution in [0.3, 0.4) is 0 Å². The third kappa shape index (κ3) is 6.71. The number of hydrogen-bond donors (Lipinski definition) is 3. The summed E-state index contributed by atoms with van der Waals surface area (Å²) >= 11 is 14.1. The van der Waals surface area contributed by atoms with Gasteiger partial charge in [-0.25, -0.2) is 4.39 Å². The summed E-state index contributed by atoms with van der Waals surface area (Å²) in [6.45, 7) is 1.40. The number of benzene rings is 3. The van der Waals surface area contributed by atoms with E-state index in [4.69, 9.17) is 39.4 Å². The minimum atomic E-state index is -1.00. The second-order valence-electron chi connectivity index (χ2n) is 10.3. The summed E-state index contributed by atoms with van der Waals surface area (Å²) in [4.78, 5) is 29.7. The van der Waals surface area contributed by atoms with Crippen molar-refractivity contribution in [1.29, 1.82) is 0 Å². The van der Waals surface area contributed by atoms with Crippen LogP contribution in [0, 0.1) is 5.82 Å². The molecular weight excluding hydrogens is 610 g/mol. The lowest BCUT2D eigenvalue weighted by Gasteiger charge is -2.40. The van der Waals surface area contributed by atoms with E-state index < -0.39 is 11.4 Å². The number of halogens is 3. The zero-order chi connectivity index (χ0) is 30.6. The van der Waals surface area contributed by atoms with Crippen LogP contribution < -0.4 is 21.5 Å². The molecule has 5 N–H and O–H groups in total. The molecule has 2 heterocycles. The molecule has 0 spiro atoms. The molecule has 2 amide bonds. The van der Waals surface area contributed by atoms with E-state index in [9.17, 15) is 14.0 Å². The zero-order valence-electron chi connectivity index (χ0n) is 23.2. The number of nitrogens with zero attached hydrogens (tertiary/aromatic N) is 1. The van der Waals surface area contributed by atoms with Gasteiger partial charge in [-0.1, -0.05) is 65.7 Å². The predicted octanol–water partition coefficient (Wildman–Crippen LogP) is 6.12. The molecule has 1 aliphatic rings. The molecule has 1 saturated heterocycles. The normalized spacial score (nSPS) is 14.5. The number of hydrogen-bond acceptors (Lipinski definition) is 6. The Morgan fingerprint density at radius 3 is 2.30 bits per heavy atom. The van der Waals surface area contributed by atoms with Gasteiger partial charge in [-0.15, -0.1) is 11.3 Å². The van der Waals surface area contributed by atoms with E-state index in [-0.39, 0.29) is 24.9 Å². The first kappa shape index (κ1) is 31.0. The summed E-state index contributed by atoms with van der Waals surface area (Å²) in [6, 6.07) is 20.8. The monoisotopic (exact) mass is 640 g/mol. The molecule has 3 aromatic carbocycles. The van der Waals surface area contributed by atoms with Crippen molar-refractivity contribution in [3.8, 4) is 27.3 Å². The number of primary amides is 1. The maximum Gasteiger partial charge on any atom is 0.267 e. The third-order valence-corrected chi connectivity index (χ3v) is 9.37. The van der Waals surface area contributed by atoms with Gasteiger partial charge >= 0.3 is 0 Å². The predicted molar refractivity (Wildman–Crippen MR) is 170 cm³/mol. The van der Waals surface area contributed by atoms with Crippen molar-refractivity contribution in [2.24, 2.45) is 11.5 Å². The van der Waals surface area contributed by atoms with Crippen LogP contribution in [0.15, 0.2) is 72.8 Å². The third-order valence-electron chi connectivity index (χ3n) is 7.59. The smallest absolute Gasteiger partial charge is 0.267 e. The van der Waals surface area contributed by atoms with Crippen LogP contribution in [0.25, 0.3) is 21.6 Å². The van der Waals surface area contributed by atoms with Crippen molar-refractivity contribution in [2.45, 2.75) is 24.9 Å². The number of ether oxygens (including phenoxy) is 1. The van der Waals surface area contributed by atoms with E-state index >= 15 is 0 Å². The van der Waals surface area contributed by atoms with Gasteiger partial charge in [0.2, 0.25) is 5.91 Å². The molecule has 0 radical (unpaired) electrons. The van der Waals surface area contributed by atoms with E-state index in [1.54, 1.807) is 35.2 Å². The van der Waals surface area contributed by atoms with E-state index in [0.717, 1.165) is 27.1 Å². The maximum absolute atomic E-state index is 14.1. The molecule has 0 atom stereocenters. The first-order chi connectivity index (χ1) is 20.7. The fourth-order valence-corrected chi connectivity index (χ4v) is 6.88. The number of carbonyl (C=O) groups excluding carboxylic acids is 2. The zero-order valence-corrected chi connectivity index (χ0v) is 25.6. The van der Waals surface area contributed by atoms with Gasteiger partial charge in [-0.05, 0) is 54.3 Å². The Balaban J connectivity index is 1.47. The van der Waals surface area contributed by atoms with Crippen molar-refractivity contribution >= 4 is 46.4 Å². The Morgan fingerprint density at radius 1 is 1.00 bits per heavy atom. The highest BCUT2D eigenvalue weighted by atomic mass is 35.5. The van der Waals surface area contributed by atoms with Gasteiger partial charge in [0.25, 0.3) is 5.91 Å². The van der Waals surface area contributed by atoms with E-state index in [1.165, 1.54) is 23.5 Å². The van der Waals surface area contributed by atoms with Gasteiger partial charge in [0.05, 0.1) is 0 Å². The standard InChI is InChI=1S/C32H31Cl2FN4O3S/c33-22-9-7-21(8-10-22)26-27(42-18-15-36)29(43-28(26)24-3-1-2-4-25(24)34)30(40)39-16-13-32(14-17-39,31(37)41)38-19-20-5-11-23(35)12-6-20/h1-12,38H,13-19,36H2,(H2,37,41). The van der Waals surface area contributed by atoms with Crippen molar-refractivity contribution in [3.05, 3.63) is 99.1 Å². The lowest BCUT2D eigenvalue weighted by Crippen LogP contribution is -2.61. The van der Waals surface area contributed by atoms with Crippen molar-refractivity contribution < 1.29 is 18.7 Å². The molecule has 4 aromatic rings. The molecule has 7 nitrogen and oxygen atoms in total. The van der Waals surface area contributed by atoms with Crippen LogP contribution in [0.5, 0.6) is 5.75 Å². The van der Waals surface area contributed by atoms with Crippen LogP contribution in [-0.4, -0.2) is 48.5 Å². The number of carbonyl (C=O) groups is 2. The second-order valence-corrected chi connectivity index (χ2v) is 12.2. The molecule has 0 saturated carbocycles. The molecule has 0 unspecified atom stereocenters. The average molecular weight is 642 g/mol. The molecule has 11 heteroatoms. The van der Waals surface area contributed by atoms with Crippen LogP contribution in [0.2, 0.25) is 10.0 Å². The fourth-order valence-electron chi connectivity index (χ4n) is 5.19. The van der Waals surface area contributed by atoms with Gasteiger partial charge in [0, 0.05) is 52.2 Å². The number of piperidine rings is 1. The van der Waals surface area contributed by atoms with Crippen LogP contribution in [0.4, 0.5) is 4.39 Å². The van der Waals surface area contributed by atoms with Gasteiger partial charge in [-0.3, -0.25) is 14.9 Å². The highest BCUT2D eigenvalue weighted by Gasteiger charge is 2.41. The summed E-state index contributed by atoms with van der Waals surface area (Å²) in [5, 5.41) is 4.40. The number of nitrogens with one attached hydrogen (secondary N) is 1. The Bertz CT molecular complexity index is 1600. The Kier molecular flexibility index (Phi) is 9.68. The molecule has 0 bridgehead atoms. The topological polar surface area (TPSA) is 111 Å². The van der Waals surface area contributed by atoms with Gasteiger partial charge in [0.1, 0.15) is 22.8 Å². The number of likely N-dealkylation sites (tertiary alicyclic amines) is 1. The minimum Gasteiger partial charge on any atom is -0.490 e. The summed E-state index contributed by atoms with van der Waals surface area (Å²) in [7, 11) is 0. The van der Waals surface area contributed by atoms with Crippen molar-refractivity contribution in [1.82, 2.24) is 10.2 Å². The van der Waals surface area contributed by atoms with Crippen molar-refractivity contribution in [3.63, 3.8) is 0 Å². The van der Waals surface area contributed by atoms with E-state index in [2.05, 4.69) is 5.32 Å². The molecular formula is C32H31Cl2FN4O3S. The molecule has 43 heavy (non-hydrogen) atoms. The largest absolute Gasteiger partial charge is 0.490 e. The second kappa shape index (κ2) is 13.4. The lowest BCUT2D eigenvalue weighted by molar-refractivity contribution is -0.126. The number of thiophene rings is 1. The summed E-state index contributed by atoms with van der Waals surface area (Å²) in [6.07, 6.45) is 0.641. The molecule has 1 fully saturated rings. The molecule has 5 rings (SSSR count). The first-order valence-electron chi connectivity index (χ1n) is 13.8. The maximum atomic E-state index is 14.1. The first-order valence-corrected chi connectivity index (χ1v) is 15.4. The molecule has 224 valence electrons. The average Bonchev–Trinajstić information content (AvgIpc) is 3.39. The quantitative estimate of drug-likeness (QED) is 0.194. The highest BCUT2D eigenvalue weighted by molar-refractivity contribution is 7.18. The summed E-state index contributed by atoms with van der Waals surface area (Å²) < 4.78 is 19.5. The number of amides is 2. The van der Waals surface area contributed by atoms with E-state index in [1.807, 2.05) is 30.3 Å². The van der Waals surface area contributed by atoms with Crippen molar-refractivity contribution in [2.75, 3.05) is 26.2 Å². The fraction of sp³-hybridized carbons (Fsp3) is 0.250. The number of nitrogens with two attached hydrogens (primary N) is 2. The van der Waals surface area contributed by atoms with Crippen LogP contribution in [-0.2, 0) is 11.3 Å². The van der Waals surface area contributed by atoms with Gasteiger partial charge < -0.3 is 21.1 Å². The Morgan fingerprint density at radius 2 is 1.67 bits per heavy atom. The van der Waals surface area contributed by atoms with Crippen LogP contribution in [0.1, 0.15) is 28.1 Å². The Labute approximate surface area is 263 Å². The molecule has 1 aliphatic heterocycles. The summed E-state index contributed by atoms with van der Waals surface area (Å²) in [5.41, 5.74) is 13.8. The number of rotatable bonds is 10. The highest BCUT2D eigenvalue weighted by Crippen LogP contribution is 2.50. The van der Waals surface area contributed by atoms with Gasteiger partial charge in [-0.2, -0.15) is 0 Å². The van der Waals surface area contributed by atoms with Crippen LogP contribution >= 0.6 is 34.5 Å². The van der Waals surface area contributed by atoms with E-state index in [0.29, 0.717) is 53.1 Å². The SMILES string of the molecule is NCCOc1c(C(=O)N2CCC(NCc3ccc(F)cc3)(C(N)=O)CC2)sc(-c2ccccc2Cl)c1-c1ccc(Cl)cc1.